The topological polar surface area (TPSA) is 78.5 Å². The van der Waals surface area contributed by atoms with Crippen molar-refractivity contribution in [2.45, 2.75) is 40.0 Å². The highest BCUT2D eigenvalue weighted by Gasteiger charge is 2.21. The van der Waals surface area contributed by atoms with E-state index in [0.717, 1.165) is 6.42 Å². The third kappa shape index (κ3) is 5.59. The van der Waals surface area contributed by atoms with Crippen LogP contribution in [0.1, 0.15) is 40.0 Å². The number of carbonyl (C=O) groups is 3. The third-order valence-corrected chi connectivity index (χ3v) is 3.15. The van der Waals surface area contributed by atoms with Gasteiger partial charge in [0, 0.05) is 31.5 Å². The van der Waals surface area contributed by atoms with E-state index in [4.69, 9.17) is 0 Å². The first-order valence-corrected chi connectivity index (χ1v) is 7.13. The Morgan fingerprint density at radius 2 is 2.05 bits per heavy atom. The Kier molecular flexibility index (Phi) is 5.98. The van der Waals surface area contributed by atoms with Crippen LogP contribution in [0.2, 0.25) is 0 Å². The van der Waals surface area contributed by atoms with Crippen molar-refractivity contribution in [2.75, 3.05) is 26.2 Å². The number of nitrogens with zero attached hydrogens (tertiary/aromatic N) is 1. The molecule has 1 fully saturated rings. The molecule has 114 valence electrons. The lowest BCUT2D eigenvalue weighted by atomic mass is 9.96. The van der Waals surface area contributed by atoms with Crippen molar-refractivity contribution in [3.05, 3.63) is 0 Å². The average molecular weight is 283 g/mol. The van der Waals surface area contributed by atoms with Crippen LogP contribution in [0, 0.1) is 5.41 Å². The molecule has 0 atom stereocenters. The Morgan fingerprint density at radius 3 is 2.70 bits per heavy atom. The van der Waals surface area contributed by atoms with E-state index in [-0.39, 0.29) is 24.3 Å². The van der Waals surface area contributed by atoms with Crippen LogP contribution in [0.25, 0.3) is 0 Å². The van der Waals surface area contributed by atoms with Crippen LogP contribution in [-0.2, 0) is 14.4 Å². The first-order valence-electron chi connectivity index (χ1n) is 7.13. The lowest BCUT2D eigenvalue weighted by Crippen LogP contribution is -2.38. The fourth-order valence-corrected chi connectivity index (χ4v) is 1.88. The highest BCUT2D eigenvalue weighted by atomic mass is 16.2. The standard InChI is InChI=1S/C14H25N3O3/c1-14(2,3)13(20)16-7-4-6-12(19)17-9-5-8-15-11(18)10-17/h4-10H2,1-3H3,(H,15,18)(H,16,20). The minimum Gasteiger partial charge on any atom is -0.356 e. The van der Waals surface area contributed by atoms with Gasteiger partial charge in [0.1, 0.15) is 0 Å². The molecule has 1 rings (SSSR count). The summed E-state index contributed by atoms with van der Waals surface area (Å²) in [6.45, 7) is 7.43. The molecule has 0 unspecified atom stereocenters. The molecule has 2 N–H and O–H groups in total. The molecular weight excluding hydrogens is 258 g/mol. The summed E-state index contributed by atoms with van der Waals surface area (Å²) in [6.07, 6.45) is 1.74. The van der Waals surface area contributed by atoms with Crippen LogP contribution in [0.15, 0.2) is 0 Å². The van der Waals surface area contributed by atoms with Gasteiger partial charge < -0.3 is 15.5 Å². The molecule has 0 saturated carbocycles. The Morgan fingerprint density at radius 1 is 1.35 bits per heavy atom. The molecule has 0 spiro atoms. The summed E-state index contributed by atoms with van der Waals surface area (Å²) in [4.78, 5) is 36.6. The first kappa shape index (κ1) is 16.5. The third-order valence-electron chi connectivity index (χ3n) is 3.15. The predicted octanol–water partition coefficient (Wildman–Crippen LogP) is 0.277. The van der Waals surface area contributed by atoms with Crippen molar-refractivity contribution in [1.82, 2.24) is 15.5 Å². The molecule has 3 amide bonds. The monoisotopic (exact) mass is 283 g/mol. The molecule has 1 heterocycles. The second-order valence-corrected chi connectivity index (χ2v) is 6.13. The van der Waals surface area contributed by atoms with Crippen LogP contribution < -0.4 is 10.6 Å². The minimum atomic E-state index is -0.410. The maximum atomic E-state index is 12.0. The molecule has 6 heteroatoms. The van der Waals surface area contributed by atoms with Crippen molar-refractivity contribution in [3.8, 4) is 0 Å². The van der Waals surface area contributed by atoms with Crippen molar-refractivity contribution in [2.24, 2.45) is 5.41 Å². The van der Waals surface area contributed by atoms with E-state index < -0.39 is 5.41 Å². The van der Waals surface area contributed by atoms with Gasteiger partial charge in [0.25, 0.3) is 0 Å². The van der Waals surface area contributed by atoms with Gasteiger partial charge in [-0.15, -0.1) is 0 Å². The minimum absolute atomic E-state index is 0.0147. The largest absolute Gasteiger partial charge is 0.356 e. The average Bonchev–Trinajstić information content (AvgIpc) is 2.57. The molecule has 20 heavy (non-hydrogen) atoms. The number of hydrogen-bond acceptors (Lipinski definition) is 3. The van der Waals surface area contributed by atoms with Crippen LogP contribution in [0.3, 0.4) is 0 Å². The number of amides is 3. The summed E-state index contributed by atoms with van der Waals surface area (Å²) in [7, 11) is 0. The van der Waals surface area contributed by atoms with Crippen LogP contribution in [0.4, 0.5) is 0 Å². The lowest BCUT2D eigenvalue weighted by molar-refractivity contribution is -0.135. The van der Waals surface area contributed by atoms with Crippen LogP contribution in [-0.4, -0.2) is 48.8 Å². The number of nitrogens with one attached hydrogen (secondary N) is 2. The molecule has 1 aliphatic heterocycles. The van der Waals surface area contributed by atoms with E-state index >= 15 is 0 Å². The van der Waals surface area contributed by atoms with Gasteiger partial charge in [0.2, 0.25) is 17.7 Å². The van der Waals surface area contributed by atoms with Crippen molar-refractivity contribution in [3.63, 3.8) is 0 Å². The summed E-state index contributed by atoms with van der Waals surface area (Å²) in [5.41, 5.74) is -0.410. The second kappa shape index (κ2) is 7.26. The van der Waals surface area contributed by atoms with E-state index in [1.807, 2.05) is 20.8 Å². The van der Waals surface area contributed by atoms with Crippen molar-refractivity contribution >= 4 is 17.7 Å². The molecule has 0 radical (unpaired) electrons. The number of hydrogen-bond donors (Lipinski definition) is 2. The van der Waals surface area contributed by atoms with Gasteiger partial charge in [-0.3, -0.25) is 14.4 Å². The fourth-order valence-electron chi connectivity index (χ4n) is 1.88. The van der Waals surface area contributed by atoms with E-state index in [0.29, 0.717) is 32.5 Å². The van der Waals surface area contributed by atoms with E-state index in [1.54, 1.807) is 4.90 Å². The second-order valence-electron chi connectivity index (χ2n) is 6.13. The van der Waals surface area contributed by atoms with Gasteiger partial charge in [-0.05, 0) is 12.8 Å². The number of rotatable bonds is 4. The summed E-state index contributed by atoms with van der Waals surface area (Å²) in [6, 6.07) is 0. The summed E-state index contributed by atoms with van der Waals surface area (Å²) in [5.74, 6) is -0.136. The maximum absolute atomic E-state index is 12.0. The molecular formula is C14H25N3O3. The van der Waals surface area contributed by atoms with E-state index in [2.05, 4.69) is 10.6 Å². The Hall–Kier alpha value is -1.59. The molecule has 0 aliphatic carbocycles. The SMILES string of the molecule is CC(C)(C)C(=O)NCCCC(=O)N1CCCNC(=O)C1. The maximum Gasteiger partial charge on any atom is 0.239 e. The normalized spacial score (nSPS) is 16.4. The zero-order chi connectivity index (χ0) is 15.2. The Bertz CT molecular complexity index is 374. The highest BCUT2D eigenvalue weighted by molar-refractivity contribution is 5.85. The van der Waals surface area contributed by atoms with Crippen molar-refractivity contribution < 1.29 is 14.4 Å². The molecule has 6 nitrogen and oxygen atoms in total. The smallest absolute Gasteiger partial charge is 0.239 e. The Labute approximate surface area is 120 Å². The van der Waals surface area contributed by atoms with Gasteiger partial charge in [0.05, 0.1) is 6.54 Å². The fraction of sp³-hybridized carbons (Fsp3) is 0.786. The molecule has 0 aromatic rings. The molecule has 1 saturated heterocycles. The first-order chi connectivity index (χ1) is 9.30. The quantitative estimate of drug-likeness (QED) is 0.727. The molecule has 1 aliphatic rings. The van der Waals surface area contributed by atoms with E-state index in [1.165, 1.54) is 0 Å². The van der Waals surface area contributed by atoms with Crippen molar-refractivity contribution in [1.29, 1.82) is 0 Å². The van der Waals surface area contributed by atoms with Crippen LogP contribution in [0.5, 0.6) is 0 Å². The predicted molar refractivity (Wildman–Crippen MR) is 75.9 cm³/mol. The summed E-state index contributed by atoms with van der Waals surface area (Å²) in [5, 5.41) is 5.55. The lowest BCUT2D eigenvalue weighted by Gasteiger charge is -2.20. The molecule has 0 aromatic heterocycles. The summed E-state index contributed by atoms with van der Waals surface area (Å²) < 4.78 is 0. The zero-order valence-corrected chi connectivity index (χ0v) is 12.6. The van der Waals surface area contributed by atoms with Gasteiger partial charge in [-0.1, -0.05) is 20.8 Å². The summed E-state index contributed by atoms with van der Waals surface area (Å²) >= 11 is 0. The van der Waals surface area contributed by atoms with Gasteiger partial charge >= 0.3 is 0 Å². The number of carbonyl (C=O) groups excluding carboxylic acids is 3. The van der Waals surface area contributed by atoms with Gasteiger partial charge in [-0.2, -0.15) is 0 Å². The highest BCUT2D eigenvalue weighted by Crippen LogP contribution is 2.12. The molecule has 0 bridgehead atoms. The van der Waals surface area contributed by atoms with Crippen LogP contribution >= 0.6 is 0 Å². The Balaban J connectivity index is 2.26. The van der Waals surface area contributed by atoms with Gasteiger partial charge in [0.15, 0.2) is 0 Å². The van der Waals surface area contributed by atoms with Gasteiger partial charge in [-0.25, -0.2) is 0 Å². The molecule has 0 aromatic carbocycles. The van der Waals surface area contributed by atoms with E-state index in [9.17, 15) is 14.4 Å². The zero-order valence-electron chi connectivity index (χ0n) is 12.6.